The number of carboxylic acids is 1. The Hall–Kier alpha value is -3.24. The van der Waals surface area contributed by atoms with Crippen LogP contribution in [0.3, 0.4) is 0 Å². The van der Waals surface area contributed by atoms with Crippen molar-refractivity contribution in [3.05, 3.63) is 65.7 Å². The van der Waals surface area contributed by atoms with Crippen molar-refractivity contribution in [3.8, 4) is 5.75 Å². The van der Waals surface area contributed by atoms with Gasteiger partial charge in [-0.15, -0.1) is 0 Å². The summed E-state index contributed by atoms with van der Waals surface area (Å²) in [6, 6.07) is 15.4. The number of aliphatic carboxylic acids is 1. The van der Waals surface area contributed by atoms with E-state index in [9.17, 15) is 23.1 Å². The first-order chi connectivity index (χ1) is 15.7. The smallest absolute Gasteiger partial charge is 0.303 e. The molecule has 3 atom stereocenters. The van der Waals surface area contributed by atoms with E-state index in [1.54, 1.807) is 65.8 Å². The Kier molecular flexibility index (Phi) is 6.22. The summed E-state index contributed by atoms with van der Waals surface area (Å²) in [5.41, 5.74) is 5.63. The molecule has 0 aliphatic carbocycles. The number of rotatable bonds is 6. The lowest BCUT2D eigenvalue weighted by Gasteiger charge is -2.43. The van der Waals surface area contributed by atoms with E-state index in [0.717, 1.165) is 0 Å². The first kappa shape index (κ1) is 22.9. The van der Waals surface area contributed by atoms with Crippen molar-refractivity contribution >= 4 is 27.8 Å². The zero-order valence-electron chi connectivity index (χ0n) is 17.8. The van der Waals surface area contributed by atoms with Gasteiger partial charge in [0.05, 0.1) is 31.0 Å². The van der Waals surface area contributed by atoms with Crippen LogP contribution in [0, 0.1) is 5.92 Å². The fraction of sp³-hybridized carbons (Fsp3) is 0.348. The maximum atomic E-state index is 13.5. The Morgan fingerprint density at radius 3 is 2.42 bits per heavy atom. The van der Waals surface area contributed by atoms with Crippen LogP contribution in [0.4, 0.5) is 0 Å². The lowest BCUT2D eigenvalue weighted by molar-refractivity contribution is -0.140. The molecule has 0 amide bonds. The number of ketones is 1. The highest BCUT2D eigenvalue weighted by Crippen LogP contribution is 2.45. The van der Waals surface area contributed by atoms with Crippen LogP contribution in [0.25, 0.3) is 0 Å². The van der Waals surface area contributed by atoms with Crippen molar-refractivity contribution in [2.45, 2.75) is 18.1 Å². The summed E-state index contributed by atoms with van der Waals surface area (Å²) in [4.78, 5) is 25.3. The first-order valence-corrected chi connectivity index (χ1v) is 12.4. The number of hydrogen-bond donors (Lipinski definition) is 2. The number of sulfone groups is 1. The van der Waals surface area contributed by atoms with Crippen molar-refractivity contribution in [1.29, 1.82) is 0 Å². The van der Waals surface area contributed by atoms with E-state index in [1.807, 2.05) is 0 Å². The molecule has 1 saturated heterocycles. The van der Waals surface area contributed by atoms with E-state index in [-0.39, 0.29) is 24.6 Å². The molecular weight excluding hydrogens is 446 g/mol. The van der Waals surface area contributed by atoms with Crippen molar-refractivity contribution < 1.29 is 27.9 Å². The average molecular weight is 472 g/mol. The van der Waals surface area contributed by atoms with Crippen LogP contribution in [0.1, 0.15) is 28.3 Å². The fourth-order valence-electron chi connectivity index (χ4n) is 4.26. The van der Waals surface area contributed by atoms with Crippen LogP contribution >= 0.6 is 0 Å². The number of nitrogens with two attached hydrogens (primary N) is 1. The number of Topliss-reactive ketones (excluding diaryl/α,β-unsaturated/α-hetero) is 1. The van der Waals surface area contributed by atoms with Gasteiger partial charge in [0.1, 0.15) is 5.75 Å². The van der Waals surface area contributed by atoms with Crippen LogP contribution in [-0.4, -0.2) is 66.8 Å². The summed E-state index contributed by atoms with van der Waals surface area (Å²) in [7, 11) is -3.07. The molecule has 10 heteroatoms. The molecule has 0 bridgehead atoms. The van der Waals surface area contributed by atoms with Crippen molar-refractivity contribution in [3.63, 3.8) is 0 Å². The Balaban J connectivity index is 1.74. The molecule has 2 heterocycles. The summed E-state index contributed by atoms with van der Waals surface area (Å²) in [5.74, 6) is -2.85. The highest BCUT2D eigenvalue weighted by atomic mass is 32.2. The second-order valence-electron chi connectivity index (χ2n) is 8.23. The van der Waals surface area contributed by atoms with Gasteiger partial charge in [-0.1, -0.05) is 48.5 Å². The molecule has 0 spiro atoms. The third-order valence-corrected chi connectivity index (χ3v) is 7.65. The van der Waals surface area contributed by atoms with E-state index in [4.69, 9.17) is 10.5 Å². The van der Waals surface area contributed by atoms with Crippen LogP contribution in [-0.2, 0) is 14.6 Å². The van der Waals surface area contributed by atoms with E-state index >= 15 is 0 Å². The Morgan fingerprint density at radius 1 is 1.12 bits per heavy atom. The van der Waals surface area contributed by atoms with Crippen LogP contribution in [0.2, 0.25) is 0 Å². The van der Waals surface area contributed by atoms with Gasteiger partial charge in [0.2, 0.25) is 11.5 Å². The number of para-hydroxylation sites is 1. The minimum Gasteiger partial charge on any atom is -0.481 e. The number of carboxylic acid groups (broad SMARTS) is 1. The van der Waals surface area contributed by atoms with Gasteiger partial charge >= 0.3 is 5.97 Å². The number of carbonyl (C=O) groups excluding carboxylic acids is 1. The maximum absolute atomic E-state index is 13.5. The first-order valence-electron chi connectivity index (χ1n) is 10.6. The number of benzene rings is 2. The second kappa shape index (κ2) is 8.95. The maximum Gasteiger partial charge on any atom is 0.303 e. The lowest BCUT2D eigenvalue weighted by Crippen LogP contribution is -2.62. The molecule has 0 aromatic heterocycles. The van der Waals surface area contributed by atoms with E-state index in [0.29, 0.717) is 16.9 Å². The Morgan fingerprint density at radius 2 is 1.76 bits per heavy atom. The average Bonchev–Trinajstić information content (AvgIpc) is 2.79. The third kappa shape index (κ3) is 4.76. The van der Waals surface area contributed by atoms with Gasteiger partial charge in [-0.05, 0) is 6.07 Å². The van der Waals surface area contributed by atoms with Gasteiger partial charge in [-0.25, -0.2) is 8.42 Å². The minimum absolute atomic E-state index is 0.000574. The van der Waals surface area contributed by atoms with Crippen LogP contribution in [0.5, 0.6) is 5.75 Å². The highest BCUT2D eigenvalue weighted by molar-refractivity contribution is 7.91. The van der Waals surface area contributed by atoms with Gasteiger partial charge in [0, 0.05) is 29.2 Å². The van der Waals surface area contributed by atoms with Gasteiger partial charge < -0.3 is 9.84 Å². The number of ether oxygens (including phenoxy) is 1. The van der Waals surface area contributed by atoms with E-state index in [1.165, 1.54) is 0 Å². The quantitative estimate of drug-likeness (QED) is 0.477. The molecular formula is C23H25N3O6S. The molecule has 174 valence electrons. The monoisotopic (exact) mass is 471 g/mol. The number of nitrogens with zero attached hydrogens (tertiary/aromatic N) is 2. The number of hydrogen-bond acceptors (Lipinski definition) is 8. The molecule has 9 nitrogen and oxygen atoms in total. The van der Waals surface area contributed by atoms with Crippen molar-refractivity contribution in [2.75, 3.05) is 24.6 Å². The predicted molar refractivity (Wildman–Crippen MR) is 122 cm³/mol. The van der Waals surface area contributed by atoms with Crippen molar-refractivity contribution in [1.82, 2.24) is 5.01 Å². The van der Waals surface area contributed by atoms with Gasteiger partial charge in [-0.3, -0.25) is 20.3 Å². The fourth-order valence-corrected chi connectivity index (χ4v) is 5.44. The van der Waals surface area contributed by atoms with Gasteiger partial charge in [0.15, 0.2) is 9.84 Å². The summed E-state index contributed by atoms with van der Waals surface area (Å²) in [5, 5.41) is 15.7. The molecule has 2 aromatic rings. The SMILES string of the molecule is NC1(C(=O)c2ccccc2)Oc2ccccc2C(C=NN2CCS(=O)(=O)CC2)C1CC(=O)O. The molecule has 33 heavy (non-hydrogen) atoms. The second-order valence-corrected chi connectivity index (χ2v) is 10.5. The summed E-state index contributed by atoms with van der Waals surface area (Å²) in [6.07, 6.45) is 1.14. The largest absolute Gasteiger partial charge is 0.481 e. The van der Waals surface area contributed by atoms with Crippen LogP contribution < -0.4 is 10.5 Å². The van der Waals surface area contributed by atoms with E-state index in [2.05, 4.69) is 5.10 Å². The molecule has 2 aliphatic heterocycles. The summed E-state index contributed by atoms with van der Waals surface area (Å²) in [6.45, 7) is 0.480. The number of hydrazone groups is 1. The molecule has 1 fully saturated rings. The summed E-state index contributed by atoms with van der Waals surface area (Å²) >= 11 is 0. The van der Waals surface area contributed by atoms with Crippen molar-refractivity contribution in [2.24, 2.45) is 16.8 Å². The molecule has 0 saturated carbocycles. The Labute approximate surface area is 191 Å². The lowest BCUT2D eigenvalue weighted by atomic mass is 9.73. The highest BCUT2D eigenvalue weighted by Gasteiger charge is 2.53. The molecule has 2 aromatic carbocycles. The molecule has 2 aliphatic rings. The topological polar surface area (TPSA) is 139 Å². The zero-order chi connectivity index (χ0) is 23.6. The van der Waals surface area contributed by atoms with Crippen LogP contribution in [0.15, 0.2) is 59.7 Å². The zero-order valence-corrected chi connectivity index (χ0v) is 18.6. The Bertz CT molecular complexity index is 1170. The molecule has 3 unspecified atom stereocenters. The molecule has 4 rings (SSSR count). The molecule has 3 N–H and O–H groups in total. The third-order valence-electron chi connectivity index (χ3n) is 6.04. The standard InChI is InChI=1S/C23H25N3O6S/c24-23(22(29)16-6-2-1-3-7-16)19(14-21(27)28)18(17-8-4-5-9-20(17)32-23)15-25-26-10-12-33(30,31)13-11-26/h1-9,15,18-19H,10-14,24H2,(H,27,28). The minimum atomic E-state index is -3.07. The van der Waals surface area contributed by atoms with E-state index < -0.39 is 45.6 Å². The summed E-state index contributed by atoms with van der Waals surface area (Å²) < 4.78 is 29.4. The normalized spacial score (nSPS) is 26.4. The predicted octanol–water partition coefficient (Wildman–Crippen LogP) is 1.51. The van der Waals surface area contributed by atoms with Gasteiger partial charge in [-0.2, -0.15) is 5.10 Å². The number of fused-ring (bicyclic) bond motifs is 1. The number of carbonyl (C=O) groups is 2. The molecule has 0 radical (unpaired) electrons. The van der Waals surface area contributed by atoms with Gasteiger partial charge in [0.25, 0.3) is 0 Å².